The van der Waals surface area contributed by atoms with Crippen LogP contribution in [0.25, 0.3) is 0 Å². The van der Waals surface area contributed by atoms with Crippen molar-refractivity contribution in [3.63, 3.8) is 0 Å². The highest BCUT2D eigenvalue weighted by Crippen LogP contribution is 2.25. The smallest absolute Gasteiger partial charge is 0.0414 e. The fourth-order valence-corrected chi connectivity index (χ4v) is 2.27. The van der Waals surface area contributed by atoms with Gasteiger partial charge in [0, 0.05) is 12.4 Å². The first-order valence-corrected chi connectivity index (χ1v) is 5.24. The summed E-state index contributed by atoms with van der Waals surface area (Å²) >= 11 is 4.29. The molecule has 1 aliphatic heterocycles. The standard InChI is InChI=1S/C9H19NS/c1-3-9-4-5-10(7-11)6-8(9)2/h8-9,11H,3-7H2,1-2H3. The highest BCUT2D eigenvalue weighted by Gasteiger charge is 2.23. The third kappa shape index (κ3) is 2.38. The third-order valence-electron chi connectivity index (χ3n) is 2.89. The van der Waals surface area contributed by atoms with E-state index < -0.39 is 0 Å². The van der Waals surface area contributed by atoms with Gasteiger partial charge in [0.15, 0.2) is 0 Å². The van der Waals surface area contributed by atoms with Crippen molar-refractivity contribution >= 4 is 12.6 Å². The van der Waals surface area contributed by atoms with Crippen molar-refractivity contribution in [1.29, 1.82) is 0 Å². The van der Waals surface area contributed by atoms with Gasteiger partial charge in [-0.2, -0.15) is 12.6 Å². The molecule has 66 valence electrons. The summed E-state index contributed by atoms with van der Waals surface area (Å²) in [5.41, 5.74) is 0. The first-order valence-electron chi connectivity index (χ1n) is 4.61. The van der Waals surface area contributed by atoms with Crippen LogP contribution in [0.3, 0.4) is 0 Å². The van der Waals surface area contributed by atoms with E-state index in [1.807, 2.05) is 0 Å². The van der Waals surface area contributed by atoms with Crippen molar-refractivity contribution in [2.45, 2.75) is 26.7 Å². The van der Waals surface area contributed by atoms with Crippen LogP contribution in [0.4, 0.5) is 0 Å². The summed E-state index contributed by atoms with van der Waals surface area (Å²) in [5.74, 6) is 2.77. The molecule has 0 aromatic rings. The molecule has 0 aromatic heterocycles. The molecule has 1 fully saturated rings. The Morgan fingerprint density at radius 1 is 1.55 bits per heavy atom. The molecular weight excluding hydrogens is 154 g/mol. The lowest BCUT2D eigenvalue weighted by Gasteiger charge is -2.35. The van der Waals surface area contributed by atoms with Gasteiger partial charge in [-0.1, -0.05) is 20.3 Å². The Kier molecular flexibility index (Phi) is 3.73. The molecule has 1 rings (SSSR count). The Bertz CT molecular complexity index is 116. The normalized spacial score (nSPS) is 34.1. The van der Waals surface area contributed by atoms with E-state index >= 15 is 0 Å². The number of thiol groups is 1. The lowest BCUT2D eigenvalue weighted by atomic mass is 9.85. The van der Waals surface area contributed by atoms with Crippen molar-refractivity contribution in [2.75, 3.05) is 19.0 Å². The first kappa shape index (κ1) is 9.40. The molecule has 11 heavy (non-hydrogen) atoms. The summed E-state index contributed by atoms with van der Waals surface area (Å²) in [6.07, 6.45) is 2.72. The summed E-state index contributed by atoms with van der Waals surface area (Å²) in [5, 5.41) is 0. The number of likely N-dealkylation sites (tertiary alicyclic amines) is 1. The number of nitrogens with zero attached hydrogens (tertiary/aromatic N) is 1. The van der Waals surface area contributed by atoms with Crippen LogP contribution in [0.1, 0.15) is 26.7 Å². The van der Waals surface area contributed by atoms with Crippen molar-refractivity contribution in [2.24, 2.45) is 11.8 Å². The summed E-state index contributed by atoms with van der Waals surface area (Å²) < 4.78 is 0. The number of rotatable bonds is 2. The molecule has 1 saturated heterocycles. The number of hydrogen-bond acceptors (Lipinski definition) is 2. The maximum absolute atomic E-state index is 4.29. The van der Waals surface area contributed by atoms with E-state index in [0.717, 1.165) is 17.7 Å². The van der Waals surface area contributed by atoms with Crippen molar-refractivity contribution in [3.05, 3.63) is 0 Å². The van der Waals surface area contributed by atoms with Gasteiger partial charge in [0.1, 0.15) is 0 Å². The van der Waals surface area contributed by atoms with Gasteiger partial charge in [-0.05, 0) is 24.8 Å². The molecule has 2 unspecified atom stereocenters. The lowest BCUT2D eigenvalue weighted by Crippen LogP contribution is -2.38. The Labute approximate surface area is 75.6 Å². The highest BCUT2D eigenvalue weighted by atomic mass is 32.1. The van der Waals surface area contributed by atoms with Gasteiger partial charge in [-0.15, -0.1) is 0 Å². The monoisotopic (exact) mass is 173 g/mol. The van der Waals surface area contributed by atoms with Crippen LogP contribution in [0.5, 0.6) is 0 Å². The summed E-state index contributed by atoms with van der Waals surface area (Å²) in [7, 11) is 0. The van der Waals surface area contributed by atoms with Gasteiger partial charge in [0.2, 0.25) is 0 Å². The predicted octanol–water partition coefficient (Wildman–Crippen LogP) is 2.24. The number of piperidine rings is 1. The topological polar surface area (TPSA) is 3.24 Å². The summed E-state index contributed by atoms with van der Waals surface area (Å²) in [6, 6.07) is 0. The molecule has 1 heterocycles. The Hall–Kier alpha value is 0.310. The van der Waals surface area contributed by atoms with Gasteiger partial charge in [0.25, 0.3) is 0 Å². The lowest BCUT2D eigenvalue weighted by molar-refractivity contribution is 0.146. The van der Waals surface area contributed by atoms with E-state index in [-0.39, 0.29) is 0 Å². The molecule has 1 nitrogen and oxygen atoms in total. The van der Waals surface area contributed by atoms with E-state index in [9.17, 15) is 0 Å². The average molecular weight is 173 g/mol. The van der Waals surface area contributed by atoms with Gasteiger partial charge >= 0.3 is 0 Å². The zero-order valence-electron chi connectivity index (χ0n) is 7.58. The van der Waals surface area contributed by atoms with Crippen LogP contribution in [0.15, 0.2) is 0 Å². The van der Waals surface area contributed by atoms with E-state index in [1.165, 1.54) is 25.9 Å². The molecule has 0 aromatic carbocycles. The highest BCUT2D eigenvalue weighted by molar-refractivity contribution is 7.80. The van der Waals surface area contributed by atoms with Crippen LogP contribution in [0, 0.1) is 11.8 Å². The minimum atomic E-state index is 0.876. The molecular formula is C9H19NS. The maximum atomic E-state index is 4.29. The molecule has 0 radical (unpaired) electrons. The molecule has 0 amide bonds. The molecule has 0 spiro atoms. The van der Waals surface area contributed by atoms with Gasteiger partial charge < -0.3 is 0 Å². The fraction of sp³-hybridized carbons (Fsp3) is 1.00. The van der Waals surface area contributed by atoms with Gasteiger partial charge in [0.05, 0.1) is 0 Å². The largest absolute Gasteiger partial charge is 0.294 e. The number of hydrogen-bond donors (Lipinski definition) is 1. The minimum absolute atomic E-state index is 0.876. The quantitative estimate of drug-likeness (QED) is 0.627. The second-order valence-electron chi connectivity index (χ2n) is 3.65. The molecule has 0 aliphatic carbocycles. The zero-order chi connectivity index (χ0) is 8.27. The maximum Gasteiger partial charge on any atom is 0.0414 e. The summed E-state index contributed by atoms with van der Waals surface area (Å²) in [6.45, 7) is 7.18. The van der Waals surface area contributed by atoms with Crippen molar-refractivity contribution < 1.29 is 0 Å². The first-order chi connectivity index (χ1) is 5.27. The Morgan fingerprint density at radius 2 is 2.27 bits per heavy atom. The summed E-state index contributed by atoms with van der Waals surface area (Å²) in [4.78, 5) is 2.43. The van der Waals surface area contributed by atoms with Gasteiger partial charge in [-0.25, -0.2) is 0 Å². The Balaban J connectivity index is 2.34. The van der Waals surface area contributed by atoms with E-state index in [4.69, 9.17) is 0 Å². The SMILES string of the molecule is CCC1CCN(CS)CC1C. The zero-order valence-corrected chi connectivity index (χ0v) is 8.48. The molecule has 2 atom stereocenters. The van der Waals surface area contributed by atoms with Crippen LogP contribution < -0.4 is 0 Å². The average Bonchev–Trinajstić information content (AvgIpc) is 2.04. The second kappa shape index (κ2) is 4.36. The van der Waals surface area contributed by atoms with Gasteiger partial charge in [-0.3, -0.25) is 4.90 Å². The van der Waals surface area contributed by atoms with Crippen molar-refractivity contribution in [1.82, 2.24) is 4.90 Å². The van der Waals surface area contributed by atoms with Crippen LogP contribution in [-0.2, 0) is 0 Å². The molecule has 0 N–H and O–H groups in total. The predicted molar refractivity (Wildman–Crippen MR) is 53.0 cm³/mol. The molecule has 0 saturated carbocycles. The minimum Gasteiger partial charge on any atom is -0.294 e. The van der Waals surface area contributed by atoms with E-state index in [1.54, 1.807) is 0 Å². The van der Waals surface area contributed by atoms with E-state index in [2.05, 4.69) is 31.4 Å². The molecule has 0 bridgehead atoms. The molecule has 2 heteroatoms. The molecule has 1 aliphatic rings. The van der Waals surface area contributed by atoms with Crippen LogP contribution in [-0.4, -0.2) is 23.9 Å². The van der Waals surface area contributed by atoms with Crippen molar-refractivity contribution in [3.8, 4) is 0 Å². The Morgan fingerprint density at radius 3 is 2.73 bits per heavy atom. The van der Waals surface area contributed by atoms with E-state index in [0.29, 0.717) is 0 Å². The third-order valence-corrected chi connectivity index (χ3v) is 3.29. The second-order valence-corrected chi connectivity index (χ2v) is 3.94. The van der Waals surface area contributed by atoms with Crippen LogP contribution >= 0.6 is 12.6 Å². The fourth-order valence-electron chi connectivity index (χ4n) is 2.02. The van der Waals surface area contributed by atoms with Crippen LogP contribution in [0.2, 0.25) is 0 Å².